The molecular formula is C72H78N6O18. The molecule has 0 fully saturated rings. The van der Waals surface area contributed by atoms with Crippen LogP contribution in [0.1, 0.15) is 99.6 Å². The number of hydrogen-bond acceptors (Lipinski definition) is 18. The molecule has 0 aromatic heterocycles. The van der Waals surface area contributed by atoms with Crippen LogP contribution in [0.2, 0.25) is 0 Å². The van der Waals surface area contributed by atoms with Gasteiger partial charge >= 0.3 is 36.1 Å². The number of rotatable bonds is 36. The minimum atomic E-state index is -1.93. The Kier molecular flexibility index (Phi) is 30.2. The lowest BCUT2D eigenvalue weighted by Gasteiger charge is -2.26. The normalized spacial score (nSPS) is 12.3. The molecule has 0 saturated heterocycles. The zero-order valence-corrected chi connectivity index (χ0v) is 53.6. The van der Waals surface area contributed by atoms with Crippen molar-refractivity contribution in [2.75, 3.05) is 0 Å². The highest BCUT2D eigenvalue weighted by Gasteiger charge is 2.36. The van der Waals surface area contributed by atoms with Crippen molar-refractivity contribution in [2.45, 2.75) is 130 Å². The van der Waals surface area contributed by atoms with E-state index < -0.39 is 158 Å². The van der Waals surface area contributed by atoms with Gasteiger partial charge in [-0.05, 0) is 70.9 Å². The molecule has 0 spiro atoms. The quantitative estimate of drug-likeness (QED) is 0.00947. The summed E-state index contributed by atoms with van der Waals surface area (Å²) in [4.78, 5) is 170. The van der Waals surface area contributed by atoms with E-state index in [-0.39, 0.29) is 39.3 Å². The molecule has 0 unspecified atom stereocenters. The SMILES string of the molecule is CC(C)C[C@H](NC(=O)OCc1ccccc1)C(=O)N/C(C(=O)N[C@@H](CCC(=O)C(=O)OCc1ccccc1)C(=O)OCc1ccccc1)=C(/NC(=O)[C@H](CC(C)C)NC(=O)OCc1ccccc1)C(=O)N[C@@H](CCC(=O)C(=O)OCc1ccccc1)C(=O)OCc1ccccc1. The number of carbonyl (C=O) groups is 12. The highest BCUT2D eigenvalue weighted by Crippen LogP contribution is 2.17. The van der Waals surface area contributed by atoms with Crippen LogP contribution in [-0.2, 0) is 116 Å². The molecule has 504 valence electrons. The molecule has 6 rings (SSSR count). The monoisotopic (exact) mass is 1310 g/mol. The number of hydrogen-bond donors (Lipinski definition) is 6. The highest BCUT2D eigenvalue weighted by atomic mass is 16.6. The van der Waals surface area contributed by atoms with Gasteiger partial charge in [0.05, 0.1) is 0 Å². The Hall–Kier alpha value is -11.3. The average molecular weight is 1320 g/mol. The van der Waals surface area contributed by atoms with Crippen molar-refractivity contribution >= 4 is 71.3 Å². The van der Waals surface area contributed by atoms with Crippen LogP contribution in [-0.4, -0.2) is 95.4 Å². The Labute approximate surface area is 555 Å². The molecule has 24 heteroatoms. The van der Waals surface area contributed by atoms with Gasteiger partial charge in [0.25, 0.3) is 11.8 Å². The maximum absolute atomic E-state index is 15.5. The van der Waals surface area contributed by atoms with Crippen LogP contribution in [0.25, 0.3) is 0 Å². The summed E-state index contributed by atoms with van der Waals surface area (Å²) >= 11 is 0. The van der Waals surface area contributed by atoms with Crippen molar-refractivity contribution in [1.82, 2.24) is 31.9 Å². The Morgan fingerprint density at radius 1 is 0.312 bits per heavy atom. The number of alkyl carbamates (subject to hydrolysis) is 2. The standard InChI is InChI=1S/C72H78N6O18/c1-47(2)39-57(75-71(89)95-45-53-31-19-9-20-32-53)63(81)77-61(65(83)73-55(67(85)91-41-49-23-11-5-12-24-49)35-37-59(79)69(87)93-43-51-27-15-7-16-28-51)62(78-64(82)58(40-48(3)4)76-72(90)96-46-54-33-21-10-22-34-54)66(84)74-56(68(86)92-42-50-25-13-6-14-26-50)36-38-60(80)70(88)94-44-52-29-17-8-18-30-52/h5-34,47-48,55-58H,35-46H2,1-4H3,(H,73,83)(H,74,84)(H,75,89)(H,76,90)(H,77,81)(H,78,82)/b62-61+/t55-,56-,57-,58-/m0/s1. The van der Waals surface area contributed by atoms with Crippen molar-refractivity contribution in [3.63, 3.8) is 0 Å². The zero-order valence-electron chi connectivity index (χ0n) is 53.6. The predicted octanol–water partition coefficient (Wildman–Crippen LogP) is 7.75. The summed E-state index contributed by atoms with van der Waals surface area (Å²) in [6.07, 6.45) is -5.48. The summed E-state index contributed by atoms with van der Waals surface area (Å²) in [5.41, 5.74) is 0.834. The highest BCUT2D eigenvalue weighted by molar-refractivity contribution is 6.34. The summed E-state index contributed by atoms with van der Waals surface area (Å²) in [6.45, 7) is 4.92. The van der Waals surface area contributed by atoms with Gasteiger partial charge in [-0.15, -0.1) is 0 Å². The van der Waals surface area contributed by atoms with Crippen LogP contribution >= 0.6 is 0 Å². The Morgan fingerprint density at radius 3 is 0.823 bits per heavy atom. The van der Waals surface area contributed by atoms with E-state index in [1.165, 1.54) is 0 Å². The van der Waals surface area contributed by atoms with Gasteiger partial charge in [-0.2, -0.15) is 0 Å². The topological polar surface area (TPSA) is 332 Å². The van der Waals surface area contributed by atoms with Crippen molar-refractivity contribution in [3.05, 3.63) is 227 Å². The number of ketones is 2. The molecule has 96 heavy (non-hydrogen) atoms. The van der Waals surface area contributed by atoms with Crippen molar-refractivity contribution < 1.29 is 86.0 Å². The number of benzene rings is 6. The van der Waals surface area contributed by atoms with Crippen LogP contribution < -0.4 is 31.9 Å². The first-order chi connectivity index (χ1) is 46.2. The van der Waals surface area contributed by atoms with Crippen LogP contribution in [0.3, 0.4) is 0 Å². The summed E-state index contributed by atoms with van der Waals surface area (Å²) in [5.74, 6) is -13.7. The Morgan fingerprint density at radius 2 is 0.562 bits per heavy atom. The van der Waals surface area contributed by atoms with Gasteiger partial charge in [0.2, 0.25) is 23.4 Å². The van der Waals surface area contributed by atoms with Gasteiger partial charge in [0.1, 0.15) is 75.2 Å². The molecule has 0 aliphatic heterocycles. The van der Waals surface area contributed by atoms with Crippen molar-refractivity contribution in [1.29, 1.82) is 0 Å². The summed E-state index contributed by atoms with van der Waals surface area (Å²) < 4.78 is 32.7. The average Bonchev–Trinajstić information content (AvgIpc) is 0.929. The van der Waals surface area contributed by atoms with Crippen LogP contribution in [0.4, 0.5) is 9.59 Å². The van der Waals surface area contributed by atoms with E-state index >= 15 is 19.2 Å². The van der Waals surface area contributed by atoms with Gasteiger partial charge in [-0.25, -0.2) is 28.8 Å². The van der Waals surface area contributed by atoms with Gasteiger partial charge in [0.15, 0.2) is 0 Å². The predicted molar refractivity (Wildman–Crippen MR) is 347 cm³/mol. The second kappa shape index (κ2) is 39.3. The Balaban J connectivity index is 1.46. The minimum Gasteiger partial charge on any atom is -0.459 e. The molecule has 24 nitrogen and oxygen atoms in total. The fraction of sp³-hybridized carbons (Fsp3) is 0.306. The van der Waals surface area contributed by atoms with E-state index in [0.717, 1.165) is 0 Å². The lowest BCUT2D eigenvalue weighted by atomic mass is 10.0. The molecule has 0 aliphatic carbocycles. The molecule has 6 aromatic rings. The maximum Gasteiger partial charge on any atom is 0.408 e. The number of amides is 6. The van der Waals surface area contributed by atoms with Gasteiger partial charge < -0.3 is 60.3 Å². The van der Waals surface area contributed by atoms with E-state index in [1.807, 2.05) is 0 Å². The molecule has 6 aromatic carbocycles. The smallest absolute Gasteiger partial charge is 0.408 e. The lowest BCUT2D eigenvalue weighted by molar-refractivity contribution is -0.155. The summed E-state index contributed by atoms with van der Waals surface area (Å²) in [6, 6.07) is 43.4. The number of ether oxygens (including phenoxy) is 6. The number of Topliss-reactive ketones (excluding diaryl/α,β-unsaturated/α-hetero) is 2. The summed E-state index contributed by atoms with van der Waals surface area (Å²) in [5, 5.41) is 14.4. The summed E-state index contributed by atoms with van der Waals surface area (Å²) in [7, 11) is 0. The molecule has 4 atom stereocenters. The first-order valence-electron chi connectivity index (χ1n) is 31.0. The third-order valence-electron chi connectivity index (χ3n) is 14.1. The van der Waals surface area contributed by atoms with E-state index in [9.17, 15) is 38.4 Å². The third kappa shape index (κ3) is 26.4. The van der Waals surface area contributed by atoms with E-state index in [4.69, 9.17) is 28.4 Å². The molecule has 0 aliphatic rings. The van der Waals surface area contributed by atoms with Crippen molar-refractivity contribution in [3.8, 4) is 0 Å². The van der Waals surface area contributed by atoms with Crippen LogP contribution in [0.15, 0.2) is 193 Å². The van der Waals surface area contributed by atoms with E-state index in [2.05, 4.69) is 31.9 Å². The van der Waals surface area contributed by atoms with Crippen molar-refractivity contribution in [2.24, 2.45) is 11.8 Å². The first-order valence-corrected chi connectivity index (χ1v) is 31.0. The molecule has 6 N–H and O–H groups in total. The van der Waals surface area contributed by atoms with Gasteiger partial charge in [0, 0.05) is 12.8 Å². The third-order valence-corrected chi connectivity index (χ3v) is 14.1. The number of esters is 4. The molecule has 0 saturated carbocycles. The van der Waals surface area contributed by atoms with E-state index in [1.54, 1.807) is 210 Å². The number of nitrogens with one attached hydrogen (secondary N) is 6. The zero-order chi connectivity index (χ0) is 69.2. The largest absolute Gasteiger partial charge is 0.459 e. The first kappa shape index (κ1) is 73.7. The van der Waals surface area contributed by atoms with Gasteiger partial charge in [-0.1, -0.05) is 210 Å². The minimum absolute atomic E-state index is 0.172. The lowest BCUT2D eigenvalue weighted by Crippen LogP contribution is -2.54. The maximum atomic E-state index is 15.5. The van der Waals surface area contributed by atoms with Crippen LogP contribution in [0.5, 0.6) is 0 Å². The number of carbonyl (C=O) groups excluding carboxylic acids is 12. The molecule has 0 heterocycles. The fourth-order valence-electron chi connectivity index (χ4n) is 9.09. The molecule has 6 amide bonds. The fourth-order valence-corrected chi connectivity index (χ4v) is 9.09. The van der Waals surface area contributed by atoms with Crippen LogP contribution in [0, 0.1) is 11.8 Å². The molecular weight excluding hydrogens is 1240 g/mol. The molecule has 0 radical (unpaired) electrons. The second-order valence-electron chi connectivity index (χ2n) is 22.8. The van der Waals surface area contributed by atoms with Gasteiger partial charge in [-0.3, -0.25) is 28.8 Å². The Bertz CT molecular complexity index is 3380. The second-order valence-corrected chi connectivity index (χ2v) is 22.8. The molecule has 0 bridgehead atoms. The van der Waals surface area contributed by atoms with E-state index in [0.29, 0.717) is 33.4 Å².